The van der Waals surface area contributed by atoms with Gasteiger partial charge < -0.3 is 15.8 Å². The fourth-order valence-corrected chi connectivity index (χ4v) is 3.49. The van der Waals surface area contributed by atoms with Crippen molar-refractivity contribution in [3.63, 3.8) is 0 Å². The zero-order valence-electron chi connectivity index (χ0n) is 17.8. The van der Waals surface area contributed by atoms with Crippen LogP contribution in [0, 0.1) is 5.41 Å². The number of carbonyl (C=O) groups excluding carboxylic acids is 1. The van der Waals surface area contributed by atoms with Crippen LogP contribution < -0.4 is 15.8 Å². The molecule has 1 aliphatic heterocycles. The van der Waals surface area contributed by atoms with E-state index in [4.69, 9.17) is 15.9 Å². The molecule has 0 spiro atoms. The average Bonchev–Trinajstić information content (AvgIpc) is 3.23. The van der Waals surface area contributed by atoms with Gasteiger partial charge in [-0.1, -0.05) is 66.7 Å². The van der Waals surface area contributed by atoms with Crippen LogP contribution in [0.25, 0.3) is 0 Å². The van der Waals surface area contributed by atoms with Crippen molar-refractivity contribution in [2.24, 2.45) is 5.73 Å². The van der Waals surface area contributed by atoms with Gasteiger partial charge in [0.15, 0.2) is 0 Å². The fraction of sp³-hybridized carbons (Fsp3) is 0.231. The average molecular weight is 416 g/mol. The van der Waals surface area contributed by atoms with Crippen LogP contribution in [-0.4, -0.2) is 24.9 Å². The molecule has 0 saturated carbocycles. The summed E-state index contributed by atoms with van der Waals surface area (Å²) in [6.07, 6.45) is 0.793. The zero-order valence-corrected chi connectivity index (χ0v) is 17.8. The van der Waals surface area contributed by atoms with Gasteiger partial charge in [0.25, 0.3) is 0 Å². The smallest absolute Gasteiger partial charge is 0.227 e. The van der Waals surface area contributed by atoms with Crippen molar-refractivity contribution in [1.82, 2.24) is 5.32 Å². The van der Waals surface area contributed by atoms with Gasteiger partial charge >= 0.3 is 0 Å². The molecule has 5 heteroatoms. The third kappa shape index (κ3) is 6.19. The molecule has 0 bridgehead atoms. The van der Waals surface area contributed by atoms with Crippen LogP contribution in [0.4, 0.5) is 0 Å². The summed E-state index contributed by atoms with van der Waals surface area (Å²) in [5, 5.41) is 10.6. The SMILES string of the molecule is CC(C(=O)NCCC1COc2ccc(C(=N)N)cc21)c1ccccc1.c1ccccc1. The van der Waals surface area contributed by atoms with Crippen LogP contribution in [0.3, 0.4) is 0 Å². The molecule has 2 unspecified atom stereocenters. The van der Waals surface area contributed by atoms with E-state index >= 15 is 0 Å². The minimum absolute atomic E-state index is 0.0304. The number of nitrogens with two attached hydrogens (primary N) is 1. The summed E-state index contributed by atoms with van der Waals surface area (Å²) in [5.74, 6) is 0.972. The van der Waals surface area contributed by atoms with E-state index in [-0.39, 0.29) is 23.6 Å². The summed E-state index contributed by atoms with van der Waals surface area (Å²) in [4.78, 5) is 12.3. The lowest BCUT2D eigenvalue weighted by molar-refractivity contribution is -0.122. The number of amidine groups is 1. The molecule has 31 heavy (non-hydrogen) atoms. The molecule has 160 valence electrons. The highest BCUT2D eigenvalue weighted by Crippen LogP contribution is 2.36. The maximum absolute atomic E-state index is 12.3. The number of benzene rings is 3. The summed E-state index contributed by atoms with van der Waals surface area (Å²) >= 11 is 0. The first kappa shape index (κ1) is 22.1. The highest BCUT2D eigenvalue weighted by Gasteiger charge is 2.25. The van der Waals surface area contributed by atoms with Crippen LogP contribution in [-0.2, 0) is 4.79 Å². The van der Waals surface area contributed by atoms with E-state index in [2.05, 4.69) is 5.32 Å². The Balaban J connectivity index is 0.000000391. The number of hydrogen-bond acceptors (Lipinski definition) is 3. The van der Waals surface area contributed by atoms with Crippen LogP contribution in [0.5, 0.6) is 5.75 Å². The zero-order chi connectivity index (χ0) is 22.1. The molecule has 0 radical (unpaired) electrons. The lowest BCUT2D eigenvalue weighted by Gasteiger charge is -2.14. The van der Waals surface area contributed by atoms with Gasteiger partial charge in [-0.2, -0.15) is 0 Å². The number of nitrogen functional groups attached to an aromatic ring is 1. The molecule has 3 aromatic carbocycles. The Morgan fingerprint density at radius 2 is 1.68 bits per heavy atom. The Morgan fingerprint density at radius 1 is 1.06 bits per heavy atom. The van der Waals surface area contributed by atoms with E-state index in [9.17, 15) is 4.79 Å². The largest absolute Gasteiger partial charge is 0.493 e. The quantitative estimate of drug-likeness (QED) is 0.411. The van der Waals surface area contributed by atoms with Gasteiger partial charge in [0.2, 0.25) is 5.91 Å². The first-order valence-corrected chi connectivity index (χ1v) is 10.5. The number of amides is 1. The molecule has 0 fully saturated rings. The summed E-state index contributed by atoms with van der Waals surface area (Å²) in [7, 11) is 0. The number of rotatable bonds is 6. The number of nitrogens with one attached hydrogen (secondary N) is 2. The summed E-state index contributed by atoms with van der Waals surface area (Å²) in [6.45, 7) is 3.10. The number of hydrogen-bond donors (Lipinski definition) is 3. The van der Waals surface area contributed by atoms with Crippen molar-refractivity contribution in [2.45, 2.75) is 25.2 Å². The van der Waals surface area contributed by atoms with Crippen LogP contribution in [0.2, 0.25) is 0 Å². The van der Waals surface area contributed by atoms with Gasteiger partial charge in [0.05, 0.1) is 12.5 Å². The van der Waals surface area contributed by atoms with E-state index in [1.807, 2.05) is 85.8 Å². The van der Waals surface area contributed by atoms with Gasteiger partial charge in [-0.05, 0) is 37.1 Å². The van der Waals surface area contributed by atoms with Gasteiger partial charge in [0, 0.05) is 23.6 Å². The van der Waals surface area contributed by atoms with Crippen molar-refractivity contribution in [2.75, 3.05) is 13.2 Å². The lowest BCUT2D eigenvalue weighted by atomic mass is 9.95. The predicted octanol–water partition coefficient (Wildman–Crippen LogP) is 4.44. The molecular formula is C26H29N3O2. The Kier molecular flexibility index (Phi) is 7.82. The third-order valence-corrected chi connectivity index (χ3v) is 5.35. The third-order valence-electron chi connectivity index (χ3n) is 5.35. The molecule has 1 aliphatic rings. The van der Waals surface area contributed by atoms with E-state index in [1.165, 1.54) is 0 Å². The summed E-state index contributed by atoms with van der Waals surface area (Å²) in [6, 6.07) is 27.3. The standard InChI is InChI=1S/C20H23N3O2.C6H6/c1-13(14-5-3-2-4-6-14)20(24)23-10-9-16-12-25-18-8-7-15(19(21)22)11-17(16)18;1-2-4-6-5-3-1/h2-8,11,13,16H,9-10,12H2,1H3,(H3,21,22)(H,23,24);1-6H. The summed E-state index contributed by atoms with van der Waals surface area (Å²) in [5.41, 5.74) is 8.35. The second-order valence-electron chi connectivity index (χ2n) is 7.54. The summed E-state index contributed by atoms with van der Waals surface area (Å²) < 4.78 is 5.70. The number of ether oxygens (including phenoxy) is 1. The molecule has 0 saturated heterocycles. The monoisotopic (exact) mass is 415 g/mol. The normalized spacial score (nSPS) is 14.9. The van der Waals surface area contributed by atoms with Crippen molar-refractivity contribution < 1.29 is 9.53 Å². The van der Waals surface area contributed by atoms with Gasteiger partial charge in [-0.25, -0.2) is 0 Å². The second kappa shape index (κ2) is 11.0. The molecule has 1 amide bonds. The van der Waals surface area contributed by atoms with Crippen molar-refractivity contribution in [1.29, 1.82) is 5.41 Å². The van der Waals surface area contributed by atoms with Crippen molar-refractivity contribution in [3.05, 3.63) is 102 Å². The molecular weight excluding hydrogens is 386 g/mol. The first-order valence-electron chi connectivity index (χ1n) is 10.5. The molecule has 2 atom stereocenters. The van der Waals surface area contributed by atoms with E-state index < -0.39 is 0 Å². The maximum Gasteiger partial charge on any atom is 0.227 e. The maximum atomic E-state index is 12.3. The fourth-order valence-electron chi connectivity index (χ4n) is 3.49. The highest BCUT2D eigenvalue weighted by atomic mass is 16.5. The predicted molar refractivity (Wildman–Crippen MR) is 125 cm³/mol. The molecule has 1 heterocycles. The first-order chi connectivity index (χ1) is 15.1. The highest BCUT2D eigenvalue weighted by molar-refractivity contribution is 5.95. The minimum atomic E-state index is -0.169. The van der Waals surface area contributed by atoms with Crippen LogP contribution >= 0.6 is 0 Å². The number of fused-ring (bicyclic) bond motifs is 1. The molecule has 4 N–H and O–H groups in total. The molecule has 5 nitrogen and oxygen atoms in total. The van der Waals surface area contributed by atoms with E-state index in [0.717, 1.165) is 23.3 Å². The number of carbonyl (C=O) groups is 1. The topological polar surface area (TPSA) is 88.2 Å². The van der Waals surface area contributed by atoms with E-state index in [1.54, 1.807) is 6.07 Å². The van der Waals surface area contributed by atoms with Crippen molar-refractivity contribution >= 4 is 11.7 Å². The molecule has 3 aromatic rings. The van der Waals surface area contributed by atoms with Gasteiger partial charge in [-0.3, -0.25) is 10.2 Å². The van der Waals surface area contributed by atoms with Crippen molar-refractivity contribution in [3.8, 4) is 5.75 Å². The van der Waals surface area contributed by atoms with Crippen LogP contribution in [0.15, 0.2) is 84.9 Å². The van der Waals surface area contributed by atoms with E-state index in [0.29, 0.717) is 18.7 Å². The van der Waals surface area contributed by atoms with Gasteiger partial charge in [0.1, 0.15) is 11.6 Å². The Labute approximate surface area is 183 Å². The van der Waals surface area contributed by atoms with Crippen LogP contribution in [0.1, 0.15) is 41.9 Å². The Bertz CT molecular complexity index is 963. The minimum Gasteiger partial charge on any atom is -0.493 e. The Morgan fingerprint density at radius 3 is 2.29 bits per heavy atom. The molecule has 0 aromatic heterocycles. The Hall–Kier alpha value is -3.60. The lowest BCUT2D eigenvalue weighted by Crippen LogP contribution is -2.29. The van der Waals surface area contributed by atoms with Gasteiger partial charge in [-0.15, -0.1) is 0 Å². The molecule has 0 aliphatic carbocycles. The second-order valence-corrected chi connectivity index (χ2v) is 7.54. The molecule has 4 rings (SSSR count).